The SMILES string of the molecule is CCSc1c(C)cc(Cl)cc1CN.O=C(O)C(F)(F)F. The van der Waals surface area contributed by atoms with Gasteiger partial charge in [0.25, 0.3) is 0 Å². The van der Waals surface area contributed by atoms with Crippen molar-refractivity contribution in [3.63, 3.8) is 0 Å². The molecule has 0 unspecified atom stereocenters. The molecule has 0 saturated heterocycles. The summed E-state index contributed by atoms with van der Waals surface area (Å²) in [5.41, 5.74) is 8.02. The largest absolute Gasteiger partial charge is 0.490 e. The highest BCUT2D eigenvalue weighted by molar-refractivity contribution is 7.99. The fraction of sp³-hybridized carbons (Fsp3) is 0.417. The molecule has 0 radical (unpaired) electrons. The van der Waals surface area contributed by atoms with Gasteiger partial charge in [-0.25, -0.2) is 4.79 Å². The molecule has 1 aromatic rings. The van der Waals surface area contributed by atoms with E-state index in [2.05, 4.69) is 13.8 Å². The zero-order valence-electron chi connectivity index (χ0n) is 10.9. The molecular formula is C12H15ClF3NO2S. The molecule has 0 aliphatic carbocycles. The van der Waals surface area contributed by atoms with Crippen molar-refractivity contribution >= 4 is 29.3 Å². The van der Waals surface area contributed by atoms with Crippen molar-refractivity contribution in [2.75, 3.05) is 5.75 Å². The maximum atomic E-state index is 10.6. The second-order valence-electron chi connectivity index (χ2n) is 3.65. The summed E-state index contributed by atoms with van der Waals surface area (Å²) in [7, 11) is 0. The van der Waals surface area contributed by atoms with Crippen LogP contribution in [0.4, 0.5) is 13.2 Å². The van der Waals surface area contributed by atoms with Crippen molar-refractivity contribution in [2.24, 2.45) is 5.73 Å². The van der Waals surface area contributed by atoms with Crippen LogP contribution in [0, 0.1) is 6.92 Å². The topological polar surface area (TPSA) is 63.3 Å². The van der Waals surface area contributed by atoms with Gasteiger partial charge in [0.1, 0.15) is 0 Å². The van der Waals surface area contributed by atoms with Gasteiger partial charge in [-0.15, -0.1) is 11.8 Å². The summed E-state index contributed by atoms with van der Waals surface area (Å²) < 4.78 is 31.7. The van der Waals surface area contributed by atoms with Crippen LogP contribution in [0.25, 0.3) is 0 Å². The Balaban J connectivity index is 0.000000441. The molecule has 0 amide bonds. The number of nitrogens with two attached hydrogens (primary N) is 1. The molecule has 3 N–H and O–H groups in total. The molecule has 1 rings (SSSR count). The number of alkyl halides is 3. The van der Waals surface area contributed by atoms with E-state index >= 15 is 0 Å². The standard InChI is InChI=1S/C10H14ClNS.C2HF3O2/c1-3-13-10-7(2)4-9(11)5-8(10)6-12;3-2(4,5)1(6)7/h4-5H,3,6,12H2,1-2H3;(H,6,7). The van der Waals surface area contributed by atoms with E-state index in [4.69, 9.17) is 27.2 Å². The third-order valence-electron chi connectivity index (χ3n) is 2.07. The quantitative estimate of drug-likeness (QED) is 0.827. The van der Waals surface area contributed by atoms with Crippen LogP contribution in [0.15, 0.2) is 17.0 Å². The van der Waals surface area contributed by atoms with Crippen LogP contribution in [0.5, 0.6) is 0 Å². The summed E-state index contributed by atoms with van der Waals surface area (Å²) in [5, 5.41) is 7.90. The van der Waals surface area contributed by atoms with Gasteiger partial charge >= 0.3 is 12.1 Å². The van der Waals surface area contributed by atoms with Gasteiger partial charge in [0.15, 0.2) is 0 Å². The lowest BCUT2D eigenvalue weighted by Gasteiger charge is -2.10. The molecule has 114 valence electrons. The van der Waals surface area contributed by atoms with Crippen molar-refractivity contribution in [3.05, 3.63) is 28.3 Å². The van der Waals surface area contributed by atoms with E-state index in [0.29, 0.717) is 6.54 Å². The van der Waals surface area contributed by atoms with Crippen molar-refractivity contribution in [2.45, 2.75) is 31.5 Å². The number of aryl methyl sites for hydroxylation is 1. The van der Waals surface area contributed by atoms with E-state index in [1.807, 2.05) is 23.9 Å². The first kappa shape index (κ1) is 19.1. The molecule has 20 heavy (non-hydrogen) atoms. The summed E-state index contributed by atoms with van der Waals surface area (Å²) in [6, 6.07) is 3.94. The summed E-state index contributed by atoms with van der Waals surface area (Å²) in [5.74, 6) is -1.69. The zero-order valence-corrected chi connectivity index (χ0v) is 12.5. The molecule has 3 nitrogen and oxygen atoms in total. The average molecular weight is 330 g/mol. The molecule has 0 saturated carbocycles. The van der Waals surface area contributed by atoms with E-state index in [0.717, 1.165) is 16.3 Å². The van der Waals surface area contributed by atoms with Crippen LogP contribution >= 0.6 is 23.4 Å². The minimum Gasteiger partial charge on any atom is -0.475 e. The summed E-state index contributed by atoms with van der Waals surface area (Å²) in [4.78, 5) is 10.2. The number of benzene rings is 1. The minimum atomic E-state index is -5.08. The summed E-state index contributed by atoms with van der Waals surface area (Å²) in [6.45, 7) is 4.77. The lowest BCUT2D eigenvalue weighted by molar-refractivity contribution is -0.192. The monoisotopic (exact) mass is 329 g/mol. The Hall–Kier alpha value is -0.920. The van der Waals surface area contributed by atoms with Crippen LogP contribution in [0.1, 0.15) is 18.1 Å². The lowest BCUT2D eigenvalue weighted by atomic mass is 10.1. The van der Waals surface area contributed by atoms with E-state index in [-0.39, 0.29) is 0 Å². The Morgan fingerprint density at radius 1 is 1.45 bits per heavy atom. The van der Waals surface area contributed by atoms with Gasteiger partial charge in [-0.3, -0.25) is 0 Å². The molecular weight excluding hydrogens is 315 g/mol. The van der Waals surface area contributed by atoms with E-state index < -0.39 is 12.1 Å². The van der Waals surface area contributed by atoms with Gasteiger partial charge in [0.2, 0.25) is 0 Å². The van der Waals surface area contributed by atoms with Crippen LogP contribution in [-0.2, 0) is 11.3 Å². The number of rotatable bonds is 3. The first-order valence-corrected chi connectivity index (χ1v) is 6.91. The van der Waals surface area contributed by atoms with Gasteiger partial charge in [0.05, 0.1) is 0 Å². The fourth-order valence-corrected chi connectivity index (χ4v) is 2.50. The zero-order chi connectivity index (χ0) is 15.9. The maximum absolute atomic E-state index is 10.6. The lowest BCUT2D eigenvalue weighted by Crippen LogP contribution is -2.21. The van der Waals surface area contributed by atoms with Crippen molar-refractivity contribution in [1.29, 1.82) is 0 Å². The normalized spacial score (nSPS) is 10.8. The summed E-state index contributed by atoms with van der Waals surface area (Å²) >= 11 is 7.76. The third kappa shape index (κ3) is 6.49. The Bertz CT molecular complexity index is 467. The second-order valence-corrected chi connectivity index (χ2v) is 5.36. The van der Waals surface area contributed by atoms with Crippen LogP contribution < -0.4 is 5.73 Å². The van der Waals surface area contributed by atoms with Gasteiger partial charge in [-0.05, 0) is 35.9 Å². The van der Waals surface area contributed by atoms with Crippen molar-refractivity contribution < 1.29 is 23.1 Å². The molecule has 0 heterocycles. The summed E-state index contributed by atoms with van der Waals surface area (Å²) in [6.07, 6.45) is -5.08. The number of hydrogen-bond donors (Lipinski definition) is 2. The predicted molar refractivity (Wildman–Crippen MR) is 74.2 cm³/mol. The van der Waals surface area contributed by atoms with Gasteiger partial charge < -0.3 is 10.8 Å². The van der Waals surface area contributed by atoms with Gasteiger partial charge in [-0.1, -0.05) is 18.5 Å². The van der Waals surface area contributed by atoms with E-state index in [1.54, 1.807) is 0 Å². The predicted octanol–water partition coefficient (Wildman–Crippen LogP) is 3.85. The molecule has 0 spiro atoms. The average Bonchev–Trinajstić information content (AvgIpc) is 2.31. The Labute approximate surface area is 124 Å². The van der Waals surface area contributed by atoms with Crippen molar-refractivity contribution in [3.8, 4) is 0 Å². The van der Waals surface area contributed by atoms with Crippen LogP contribution in [0.3, 0.4) is 0 Å². The van der Waals surface area contributed by atoms with Crippen LogP contribution in [0.2, 0.25) is 5.02 Å². The molecule has 0 bridgehead atoms. The Kier molecular flexibility index (Phi) is 8.00. The number of halogens is 4. The Morgan fingerprint density at radius 3 is 2.30 bits per heavy atom. The highest BCUT2D eigenvalue weighted by Gasteiger charge is 2.38. The van der Waals surface area contributed by atoms with Gasteiger partial charge in [0, 0.05) is 16.5 Å². The number of carboxylic acid groups (broad SMARTS) is 1. The first-order valence-electron chi connectivity index (χ1n) is 5.55. The van der Waals surface area contributed by atoms with Gasteiger partial charge in [-0.2, -0.15) is 13.2 Å². The Morgan fingerprint density at radius 2 is 1.95 bits per heavy atom. The number of hydrogen-bond acceptors (Lipinski definition) is 3. The highest BCUT2D eigenvalue weighted by Crippen LogP contribution is 2.29. The highest BCUT2D eigenvalue weighted by atomic mass is 35.5. The molecule has 8 heteroatoms. The first-order chi connectivity index (χ1) is 9.13. The molecule has 0 atom stereocenters. The van der Waals surface area contributed by atoms with Crippen LogP contribution in [-0.4, -0.2) is 23.0 Å². The minimum absolute atomic E-state index is 0.559. The molecule has 0 aromatic heterocycles. The number of carboxylic acids is 1. The smallest absolute Gasteiger partial charge is 0.475 e. The number of aliphatic carboxylic acids is 1. The maximum Gasteiger partial charge on any atom is 0.490 e. The van der Waals surface area contributed by atoms with E-state index in [1.165, 1.54) is 10.5 Å². The molecule has 0 aliphatic heterocycles. The fourth-order valence-electron chi connectivity index (χ4n) is 1.30. The molecule has 0 fully saturated rings. The second kappa shape index (κ2) is 8.39. The molecule has 0 aliphatic rings. The third-order valence-corrected chi connectivity index (χ3v) is 3.45. The number of thioether (sulfide) groups is 1. The van der Waals surface area contributed by atoms with E-state index in [9.17, 15) is 13.2 Å². The van der Waals surface area contributed by atoms with Crippen molar-refractivity contribution in [1.82, 2.24) is 0 Å². The number of carbonyl (C=O) groups is 1. The molecule has 1 aromatic carbocycles.